The van der Waals surface area contributed by atoms with Crippen LogP contribution in [0.4, 0.5) is 17.6 Å². The molecule has 1 aliphatic rings. The topological polar surface area (TPSA) is 101 Å². The van der Waals surface area contributed by atoms with Gasteiger partial charge in [-0.25, -0.2) is 14.4 Å². The SMILES string of the molecule is O=C(c1oc(-c2ccccn2)nc1C(F)(F)F)N1CCc2[nH]cnc2[C@H]1c1cc2cccc(F)c2o1. The highest BCUT2D eigenvalue weighted by atomic mass is 19.4. The van der Waals surface area contributed by atoms with E-state index in [9.17, 15) is 22.4 Å². The van der Waals surface area contributed by atoms with Gasteiger partial charge in [-0.05, 0) is 24.3 Å². The second-order valence-corrected chi connectivity index (χ2v) is 8.13. The number of rotatable bonds is 3. The van der Waals surface area contributed by atoms with Gasteiger partial charge in [-0.1, -0.05) is 18.2 Å². The maximum absolute atomic E-state index is 14.3. The third-order valence-corrected chi connectivity index (χ3v) is 5.94. The Hall–Kier alpha value is -4.48. The number of aromatic nitrogens is 4. The number of amides is 1. The number of H-pyrrole nitrogens is 1. The summed E-state index contributed by atoms with van der Waals surface area (Å²) in [5.74, 6) is -2.93. The molecule has 0 saturated carbocycles. The fourth-order valence-corrected chi connectivity index (χ4v) is 4.35. The summed E-state index contributed by atoms with van der Waals surface area (Å²) in [6.45, 7) is 0.0230. The van der Waals surface area contributed by atoms with Crippen LogP contribution in [0.3, 0.4) is 0 Å². The van der Waals surface area contributed by atoms with Gasteiger partial charge in [-0.2, -0.15) is 13.2 Å². The predicted octanol–water partition coefficient (Wildman–Crippen LogP) is 5.15. The molecule has 1 amide bonds. The second-order valence-electron chi connectivity index (χ2n) is 8.13. The Morgan fingerprint density at radius 2 is 1.97 bits per heavy atom. The Balaban J connectivity index is 1.48. The molecule has 8 nitrogen and oxygen atoms in total. The number of aromatic amines is 1. The molecule has 5 aromatic rings. The van der Waals surface area contributed by atoms with Crippen LogP contribution in [0.5, 0.6) is 0 Å². The molecule has 1 N–H and O–H groups in total. The van der Waals surface area contributed by atoms with Gasteiger partial charge < -0.3 is 18.7 Å². The zero-order valence-corrected chi connectivity index (χ0v) is 18.2. The Bertz CT molecular complexity index is 1590. The van der Waals surface area contributed by atoms with Crippen molar-refractivity contribution in [3.63, 3.8) is 0 Å². The first-order valence-corrected chi connectivity index (χ1v) is 10.8. The van der Waals surface area contributed by atoms with E-state index in [0.29, 0.717) is 23.2 Å². The number of carbonyl (C=O) groups excluding carboxylic acids is 1. The molecule has 0 aliphatic carbocycles. The number of fused-ring (bicyclic) bond motifs is 2. The van der Waals surface area contributed by atoms with Crippen molar-refractivity contribution in [1.29, 1.82) is 0 Å². The minimum atomic E-state index is -4.97. The normalized spacial score (nSPS) is 15.9. The van der Waals surface area contributed by atoms with Crippen LogP contribution in [-0.2, 0) is 12.6 Å². The first-order valence-electron chi connectivity index (χ1n) is 10.8. The number of benzene rings is 1. The van der Waals surface area contributed by atoms with E-state index in [1.54, 1.807) is 18.2 Å². The van der Waals surface area contributed by atoms with Crippen molar-refractivity contribution in [2.24, 2.45) is 0 Å². The van der Waals surface area contributed by atoms with Crippen molar-refractivity contribution in [2.75, 3.05) is 6.54 Å². The summed E-state index contributed by atoms with van der Waals surface area (Å²) in [7, 11) is 0. The Labute approximate surface area is 199 Å². The van der Waals surface area contributed by atoms with Crippen molar-refractivity contribution >= 4 is 16.9 Å². The molecule has 1 aromatic carbocycles. The number of halogens is 4. The Morgan fingerprint density at radius 1 is 1.11 bits per heavy atom. The van der Waals surface area contributed by atoms with Crippen molar-refractivity contribution in [2.45, 2.75) is 18.6 Å². The maximum atomic E-state index is 14.3. The molecular formula is C24H15F4N5O3. The molecule has 1 atom stereocenters. The number of hydrogen-bond acceptors (Lipinski definition) is 6. The highest BCUT2D eigenvalue weighted by Crippen LogP contribution is 2.40. The molecule has 6 rings (SSSR count). The van der Waals surface area contributed by atoms with E-state index in [1.807, 2.05) is 0 Å². The number of pyridine rings is 1. The second kappa shape index (κ2) is 8.04. The molecule has 1 aliphatic heterocycles. The largest absolute Gasteiger partial charge is 0.455 e. The highest BCUT2D eigenvalue weighted by Gasteiger charge is 2.45. The zero-order valence-electron chi connectivity index (χ0n) is 18.2. The lowest BCUT2D eigenvalue weighted by Gasteiger charge is -2.33. The van der Waals surface area contributed by atoms with E-state index in [4.69, 9.17) is 8.83 Å². The molecule has 36 heavy (non-hydrogen) atoms. The van der Waals surface area contributed by atoms with Gasteiger partial charge in [-0.3, -0.25) is 9.78 Å². The van der Waals surface area contributed by atoms with Gasteiger partial charge in [0, 0.05) is 30.2 Å². The summed E-state index contributed by atoms with van der Waals surface area (Å²) in [6, 6.07) is 9.43. The van der Waals surface area contributed by atoms with Crippen LogP contribution < -0.4 is 0 Å². The smallest absolute Gasteiger partial charge is 0.437 e. The molecule has 0 saturated heterocycles. The van der Waals surface area contributed by atoms with Crippen molar-refractivity contribution < 1.29 is 31.2 Å². The van der Waals surface area contributed by atoms with Crippen LogP contribution in [0.25, 0.3) is 22.6 Å². The lowest BCUT2D eigenvalue weighted by molar-refractivity contribution is -0.141. The minimum absolute atomic E-state index is 0.0230. The number of oxazole rings is 1. The number of alkyl halides is 3. The number of nitrogens with zero attached hydrogens (tertiary/aromatic N) is 4. The number of imidazole rings is 1. The van der Waals surface area contributed by atoms with Gasteiger partial charge >= 0.3 is 6.18 Å². The zero-order chi connectivity index (χ0) is 25.0. The predicted molar refractivity (Wildman–Crippen MR) is 116 cm³/mol. The average molecular weight is 497 g/mol. The van der Waals surface area contributed by atoms with Crippen LogP contribution in [0.1, 0.15) is 39.4 Å². The van der Waals surface area contributed by atoms with Gasteiger partial charge in [0.15, 0.2) is 17.1 Å². The fraction of sp³-hybridized carbons (Fsp3) is 0.167. The van der Waals surface area contributed by atoms with Gasteiger partial charge in [0.1, 0.15) is 17.5 Å². The van der Waals surface area contributed by atoms with Gasteiger partial charge in [0.25, 0.3) is 5.91 Å². The number of furan rings is 1. The lowest BCUT2D eigenvalue weighted by Crippen LogP contribution is -2.41. The molecular weight excluding hydrogens is 482 g/mol. The summed E-state index contributed by atoms with van der Waals surface area (Å²) >= 11 is 0. The molecule has 182 valence electrons. The van der Waals surface area contributed by atoms with Crippen LogP contribution in [0, 0.1) is 5.82 Å². The van der Waals surface area contributed by atoms with E-state index in [0.717, 1.165) is 4.90 Å². The number of carbonyl (C=O) groups is 1. The third-order valence-electron chi connectivity index (χ3n) is 5.94. The van der Waals surface area contributed by atoms with Crippen LogP contribution in [0.15, 0.2) is 63.8 Å². The standard InChI is InChI=1S/C24H15F4N5O3/c25-13-5-3-4-12-10-16(35-19(12)13)18-17-14(30-11-31-17)7-9-33(18)23(34)20-21(24(26,27)28)32-22(36-20)15-6-1-2-8-29-15/h1-6,8,10-11,18H,7,9H2,(H,30,31)/t18-/m1/s1. The molecule has 0 fully saturated rings. The Morgan fingerprint density at radius 3 is 2.72 bits per heavy atom. The number of para-hydroxylation sites is 1. The molecule has 0 radical (unpaired) electrons. The monoisotopic (exact) mass is 497 g/mol. The molecule has 0 spiro atoms. The molecule has 12 heteroatoms. The van der Waals surface area contributed by atoms with Gasteiger partial charge in [-0.15, -0.1) is 0 Å². The lowest BCUT2D eigenvalue weighted by atomic mass is 9.99. The summed E-state index contributed by atoms with van der Waals surface area (Å²) < 4.78 is 67.2. The van der Waals surface area contributed by atoms with E-state index in [2.05, 4.69) is 19.9 Å². The summed E-state index contributed by atoms with van der Waals surface area (Å²) in [6.07, 6.45) is -1.88. The van der Waals surface area contributed by atoms with E-state index >= 15 is 0 Å². The molecule has 0 bridgehead atoms. The molecule has 5 heterocycles. The van der Waals surface area contributed by atoms with Crippen molar-refractivity contribution in [3.8, 4) is 11.6 Å². The Kier molecular flexibility index (Phi) is 4.92. The van der Waals surface area contributed by atoms with Crippen molar-refractivity contribution in [1.82, 2.24) is 24.8 Å². The van der Waals surface area contributed by atoms with Gasteiger partial charge in [0.05, 0.1) is 12.0 Å². The summed E-state index contributed by atoms with van der Waals surface area (Å²) in [5.41, 5.74) is -0.384. The van der Waals surface area contributed by atoms with E-state index < -0.39 is 41.3 Å². The van der Waals surface area contributed by atoms with Crippen LogP contribution >= 0.6 is 0 Å². The highest BCUT2D eigenvalue weighted by molar-refractivity contribution is 5.94. The van der Waals surface area contributed by atoms with Crippen LogP contribution in [0.2, 0.25) is 0 Å². The average Bonchev–Trinajstić information content (AvgIpc) is 3.61. The van der Waals surface area contributed by atoms with E-state index in [-0.39, 0.29) is 23.6 Å². The number of hydrogen-bond donors (Lipinski definition) is 1. The minimum Gasteiger partial charge on any atom is -0.455 e. The molecule has 4 aromatic heterocycles. The first-order chi connectivity index (χ1) is 17.3. The van der Waals surface area contributed by atoms with Crippen LogP contribution in [-0.4, -0.2) is 37.3 Å². The molecule has 0 unspecified atom stereocenters. The summed E-state index contributed by atoms with van der Waals surface area (Å²) in [5, 5.41) is 0.438. The fourth-order valence-electron chi connectivity index (χ4n) is 4.35. The number of nitrogens with one attached hydrogen (secondary N) is 1. The maximum Gasteiger partial charge on any atom is 0.437 e. The van der Waals surface area contributed by atoms with E-state index in [1.165, 1.54) is 36.8 Å². The van der Waals surface area contributed by atoms with Crippen molar-refractivity contribution in [3.05, 3.63) is 89.4 Å². The summed E-state index contributed by atoms with van der Waals surface area (Å²) in [4.78, 5) is 29.6. The van der Waals surface area contributed by atoms with Gasteiger partial charge in [0.2, 0.25) is 11.7 Å². The quantitative estimate of drug-likeness (QED) is 0.346. The third kappa shape index (κ3) is 3.53. The first kappa shape index (κ1) is 22.0.